The molecule has 1 aromatic heterocycles. The third-order valence-corrected chi connectivity index (χ3v) is 6.15. The van der Waals surface area contributed by atoms with Gasteiger partial charge in [0.15, 0.2) is 0 Å². The Kier molecular flexibility index (Phi) is 3.44. The second-order valence-corrected chi connectivity index (χ2v) is 9.15. The van der Waals surface area contributed by atoms with E-state index in [-0.39, 0.29) is 17.7 Å². The lowest BCUT2D eigenvalue weighted by molar-refractivity contribution is -0.163. The van der Waals surface area contributed by atoms with Crippen molar-refractivity contribution in [3.63, 3.8) is 0 Å². The van der Waals surface area contributed by atoms with Gasteiger partial charge >= 0.3 is 0 Å². The van der Waals surface area contributed by atoms with Gasteiger partial charge in [0, 0.05) is 4.88 Å². The normalized spacial score (nSPS) is 28.7. The first-order valence-corrected chi connectivity index (χ1v) is 8.75. The van der Waals surface area contributed by atoms with Crippen LogP contribution in [0.4, 0.5) is 0 Å². The van der Waals surface area contributed by atoms with Gasteiger partial charge in [-0.05, 0) is 67.6 Å². The molecule has 0 bridgehead atoms. The van der Waals surface area contributed by atoms with Crippen molar-refractivity contribution in [2.45, 2.75) is 51.2 Å². The molecule has 21 heavy (non-hydrogen) atoms. The summed E-state index contributed by atoms with van der Waals surface area (Å²) < 4.78 is 1.04. The number of halogens is 1. The molecular formula is C15H19BrN2O2S. The molecule has 0 aromatic carbocycles. The molecule has 4 nitrogen and oxygen atoms in total. The maximum atomic E-state index is 12.9. The summed E-state index contributed by atoms with van der Waals surface area (Å²) >= 11 is 5.06. The molecule has 1 aliphatic heterocycles. The number of piperazine rings is 1. The fraction of sp³-hybridized carbons (Fsp3) is 0.600. The highest BCUT2D eigenvalue weighted by Gasteiger charge is 2.59. The summed E-state index contributed by atoms with van der Waals surface area (Å²) in [6.07, 6.45) is 2.03. The maximum Gasteiger partial charge on any atom is 0.248 e. The van der Waals surface area contributed by atoms with Gasteiger partial charge in [-0.2, -0.15) is 0 Å². The van der Waals surface area contributed by atoms with E-state index in [2.05, 4.69) is 21.2 Å². The zero-order valence-corrected chi connectivity index (χ0v) is 14.8. The third-order valence-electron chi connectivity index (χ3n) is 4.54. The minimum Gasteiger partial charge on any atom is -0.340 e. The number of nitrogens with zero attached hydrogens (tertiary/aromatic N) is 1. The zero-order valence-electron chi connectivity index (χ0n) is 12.4. The van der Waals surface area contributed by atoms with E-state index in [1.54, 1.807) is 30.1 Å². The lowest BCUT2D eigenvalue weighted by Gasteiger charge is -2.49. The summed E-state index contributed by atoms with van der Waals surface area (Å²) in [6, 6.07) is 3.99. The van der Waals surface area contributed by atoms with Gasteiger partial charge in [0.25, 0.3) is 0 Å². The van der Waals surface area contributed by atoms with Crippen molar-refractivity contribution >= 4 is 39.1 Å². The van der Waals surface area contributed by atoms with Crippen LogP contribution >= 0.6 is 27.3 Å². The summed E-state index contributed by atoms with van der Waals surface area (Å²) in [7, 11) is 0. The quantitative estimate of drug-likeness (QED) is 0.888. The van der Waals surface area contributed by atoms with Crippen LogP contribution in [0.2, 0.25) is 0 Å². The van der Waals surface area contributed by atoms with Crippen LogP contribution in [0.25, 0.3) is 0 Å². The van der Waals surface area contributed by atoms with Crippen molar-refractivity contribution in [3.05, 3.63) is 20.8 Å². The van der Waals surface area contributed by atoms with E-state index in [4.69, 9.17) is 0 Å². The SMILES string of the molecule is CC1(C)NC(=O)C(C)(C2CC2)N(Cc2ccc(Br)s2)C1=O. The van der Waals surface area contributed by atoms with Crippen LogP contribution in [0.15, 0.2) is 15.9 Å². The third kappa shape index (κ3) is 2.42. The number of thiophene rings is 1. The van der Waals surface area contributed by atoms with Gasteiger partial charge < -0.3 is 10.2 Å². The number of carbonyl (C=O) groups excluding carboxylic acids is 2. The largest absolute Gasteiger partial charge is 0.340 e. The number of hydrogen-bond acceptors (Lipinski definition) is 3. The lowest BCUT2D eigenvalue weighted by atomic mass is 9.84. The van der Waals surface area contributed by atoms with Gasteiger partial charge in [0.1, 0.15) is 11.1 Å². The van der Waals surface area contributed by atoms with Gasteiger partial charge in [-0.1, -0.05) is 0 Å². The Hall–Kier alpha value is -0.880. The standard InChI is InChI=1S/C15H19BrN2O2S/c1-14(2)13(20)18(8-10-6-7-11(16)21-10)15(3,9-4-5-9)12(19)17-14/h6-7,9H,4-5,8H2,1-3H3,(H,17,19). The van der Waals surface area contributed by atoms with Crippen LogP contribution in [0, 0.1) is 5.92 Å². The summed E-state index contributed by atoms with van der Waals surface area (Å²) in [5.74, 6) is 0.257. The molecule has 1 N–H and O–H groups in total. The van der Waals surface area contributed by atoms with Gasteiger partial charge in [-0.3, -0.25) is 9.59 Å². The van der Waals surface area contributed by atoms with E-state index in [1.807, 2.05) is 19.1 Å². The number of rotatable bonds is 3. The minimum absolute atomic E-state index is 0.000947. The predicted molar refractivity (Wildman–Crippen MR) is 85.9 cm³/mol. The van der Waals surface area contributed by atoms with Gasteiger partial charge in [0.2, 0.25) is 11.8 Å². The molecule has 1 unspecified atom stereocenters. The monoisotopic (exact) mass is 370 g/mol. The molecule has 3 rings (SSSR count). The first-order valence-electron chi connectivity index (χ1n) is 7.14. The second kappa shape index (κ2) is 4.81. The smallest absolute Gasteiger partial charge is 0.248 e. The highest BCUT2D eigenvalue weighted by atomic mass is 79.9. The second-order valence-electron chi connectivity index (χ2n) is 6.60. The van der Waals surface area contributed by atoms with Gasteiger partial charge in [0.05, 0.1) is 10.3 Å². The van der Waals surface area contributed by atoms with E-state index in [0.29, 0.717) is 6.54 Å². The lowest BCUT2D eigenvalue weighted by Crippen LogP contribution is -2.73. The van der Waals surface area contributed by atoms with Crippen molar-refractivity contribution < 1.29 is 9.59 Å². The number of nitrogens with one attached hydrogen (secondary N) is 1. The average Bonchev–Trinajstić information content (AvgIpc) is 3.17. The zero-order chi connectivity index (χ0) is 15.4. The van der Waals surface area contributed by atoms with Crippen molar-refractivity contribution in [3.8, 4) is 0 Å². The first kappa shape index (κ1) is 15.0. The predicted octanol–water partition coefficient (Wildman–Crippen LogP) is 2.92. The summed E-state index contributed by atoms with van der Waals surface area (Å²) in [6.45, 7) is 5.96. The number of carbonyl (C=O) groups is 2. The van der Waals surface area contributed by atoms with E-state index in [0.717, 1.165) is 21.5 Å². The Morgan fingerprint density at radius 2 is 2.00 bits per heavy atom. The average molecular weight is 371 g/mol. The fourth-order valence-electron chi connectivity index (χ4n) is 3.01. The van der Waals surface area contributed by atoms with Crippen molar-refractivity contribution in [2.75, 3.05) is 0 Å². The Balaban J connectivity index is 1.97. The summed E-state index contributed by atoms with van der Waals surface area (Å²) in [5, 5.41) is 2.90. The topological polar surface area (TPSA) is 49.4 Å². The molecule has 2 amide bonds. The molecular weight excluding hydrogens is 352 g/mol. The van der Waals surface area contributed by atoms with E-state index >= 15 is 0 Å². The molecule has 0 radical (unpaired) electrons. The fourth-order valence-corrected chi connectivity index (χ4v) is 4.49. The Bertz CT molecular complexity index is 609. The van der Waals surface area contributed by atoms with Gasteiger partial charge in [-0.25, -0.2) is 0 Å². The van der Waals surface area contributed by atoms with Crippen LogP contribution < -0.4 is 5.32 Å². The summed E-state index contributed by atoms with van der Waals surface area (Å²) in [4.78, 5) is 28.4. The van der Waals surface area contributed by atoms with Crippen molar-refractivity contribution in [1.82, 2.24) is 10.2 Å². The molecule has 1 aromatic rings. The van der Waals surface area contributed by atoms with E-state index < -0.39 is 11.1 Å². The minimum atomic E-state index is -0.833. The molecule has 0 spiro atoms. The molecule has 2 fully saturated rings. The summed E-state index contributed by atoms with van der Waals surface area (Å²) in [5.41, 5.74) is -1.55. The molecule has 114 valence electrons. The number of amides is 2. The molecule has 2 heterocycles. The van der Waals surface area contributed by atoms with Crippen LogP contribution in [0.1, 0.15) is 38.5 Å². The molecule has 1 atom stereocenters. The molecule has 1 saturated heterocycles. The van der Waals surface area contributed by atoms with E-state index in [9.17, 15) is 9.59 Å². The van der Waals surface area contributed by atoms with Gasteiger partial charge in [-0.15, -0.1) is 11.3 Å². The number of hydrogen-bond donors (Lipinski definition) is 1. The van der Waals surface area contributed by atoms with Crippen LogP contribution in [0.5, 0.6) is 0 Å². The molecule has 1 saturated carbocycles. The molecule has 6 heteroatoms. The Labute approximate surface area is 137 Å². The van der Waals surface area contributed by atoms with Crippen LogP contribution in [-0.2, 0) is 16.1 Å². The first-order chi connectivity index (χ1) is 9.75. The van der Waals surface area contributed by atoms with Crippen LogP contribution in [0.3, 0.4) is 0 Å². The Morgan fingerprint density at radius 3 is 2.52 bits per heavy atom. The van der Waals surface area contributed by atoms with Crippen LogP contribution in [-0.4, -0.2) is 27.8 Å². The van der Waals surface area contributed by atoms with E-state index in [1.165, 1.54) is 0 Å². The maximum absolute atomic E-state index is 12.9. The Morgan fingerprint density at radius 1 is 1.33 bits per heavy atom. The highest BCUT2D eigenvalue weighted by molar-refractivity contribution is 9.11. The molecule has 1 aliphatic carbocycles. The highest BCUT2D eigenvalue weighted by Crippen LogP contribution is 2.46. The van der Waals surface area contributed by atoms with Crippen molar-refractivity contribution in [2.24, 2.45) is 5.92 Å². The van der Waals surface area contributed by atoms with Crippen molar-refractivity contribution in [1.29, 1.82) is 0 Å². The molecule has 2 aliphatic rings.